The number of carbonyl (C=O) groups excluding carboxylic acids is 2. The number of amides is 2. The van der Waals surface area contributed by atoms with E-state index in [-0.39, 0.29) is 24.8 Å². The molecule has 2 N–H and O–H groups in total. The Morgan fingerprint density at radius 1 is 1.29 bits per heavy atom. The van der Waals surface area contributed by atoms with E-state index in [4.69, 9.17) is 5.73 Å². The first kappa shape index (κ1) is 13.5. The van der Waals surface area contributed by atoms with Crippen LogP contribution in [0.1, 0.15) is 23.5 Å². The lowest BCUT2D eigenvalue weighted by Crippen LogP contribution is -2.33. The Balaban J connectivity index is 2.00. The zero-order valence-electron chi connectivity index (χ0n) is 11.7. The molecule has 0 radical (unpaired) electrons. The van der Waals surface area contributed by atoms with Crippen LogP contribution in [0.2, 0.25) is 0 Å². The van der Waals surface area contributed by atoms with Crippen molar-refractivity contribution in [3.63, 3.8) is 0 Å². The first-order chi connectivity index (χ1) is 10.1. The lowest BCUT2D eigenvalue weighted by atomic mass is 9.98. The first-order valence-corrected chi connectivity index (χ1v) is 6.76. The second-order valence-electron chi connectivity index (χ2n) is 5.06. The van der Waals surface area contributed by atoms with E-state index in [0.29, 0.717) is 11.4 Å². The molecule has 1 aliphatic heterocycles. The highest BCUT2D eigenvalue weighted by Crippen LogP contribution is 2.34. The minimum atomic E-state index is -0.431. The van der Waals surface area contributed by atoms with Crippen LogP contribution >= 0.6 is 0 Å². The van der Waals surface area contributed by atoms with E-state index in [1.165, 1.54) is 9.58 Å². The Kier molecular flexibility index (Phi) is 3.31. The largest absolute Gasteiger partial charge is 0.326 e. The second-order valence-corrected chi connectivity index (χ2v) is 5.06. The molecular weight excluding hydrogens is 268 g/mol. The average Bonchev–Trinajstić information content (AvgIpc) is 3.00. The molecule has 1 aromatic carbocycles. The number of aryl methyl sites for hydroxylation is 1. The van der Waals surface area contributed by atoms with Crippen molar-refractivity contribution in [2.75, 3.05) is 4.90 Å². The number of nitrogens with zero attached hydrogens (tertiary/aromatic N) is 3. The van der Waals surface area contributed by atoms with Crippen LogP contribution in [0, 0.1) is 0 Å². The van der Waals surface area contributed by atoms with E-state index in [9.17, 15) is 9.59 Å². The van der Waals surface area contributed by atoms with Gasteiger partial charge in [-0.3, -0.25) is 14.3 Å². The number of imide groups is 1. The number of hydrogen-bond donors (Lipinski definition) is 1. The fourth-order valence-corrected chi connectivity index (χ4v) is 2.71. The molecule has 2 amide bonds. The van der Waals surface area contributed by atoms with E-state index < -0.39 is 5.92 Å². The van der Waals surface area contributed by atoms with Crippen molar-refractivity contribution in [3.05, 3.63) is 47.7 Å². The van der Waals surface area contributed by atoms with E-state index in [2.05, 4.69) is 5.10 Å². The number of aromatic nitrogens is 2. The van der Waals surface area contributed by atoms with Gasteiger partial charge in [-0.05, 0) is 5.56 Å². The summed E-state index contributed by atoms with van der Waals surface area (Å²) in [5.74, 6) is -0.387. The Hall–Kier alpha value is -2.47. The van der Waals surface area contributed by atoms with Crippen molar-refractivity contribution in [1.82, 2.24) is 9.78 Å². The third-order valence-corrected chi connectivity index (χ3v) is 3.76. The normalized spacial score (nSPS) is 18.6. The molecule has 2 heterocycles. The van der Waals surface area contributed by atoms with Gasteiger partial charge >= 0.3 is 0 Å². The summed E-state index contributed by atoms with van der Waals surface area (Å²) in [5.41, 5.74) is 7.21. The first-order valence-electron chi connectivity index (χ1n) is 6.76. The lowest BCUT2D eigenvalue weighted by molar-refractivity contribution is -0.121. The maximum absolute atomic E-state index is 12.7. The monoisotopic (exact) mass is 284 g/mol. The molecule has 6 nitrogen and oxygen atoms in total. The molecule has 1 saturated heterocycles. The van der Waals surface area contributed by atoms with Crippen molar-refractivity contribution in [2.45, 2.75) is 18.9 Å². The molecule has 3 rings (SSSR count). The van der Waals surface area contributed by atoms with E-state index >= 15 is 0 Å². The van der Waals surface area contributed by atoms with Crippen LogP contribution in [-0.2, 0) is 23.2 Å². The van der Waals surface area contributed by atoms with Gasteiger partial charge < -0.3 is 5.73 Å². The van der Waals surface area contributed by atoms with Crippen LogP contribution in [0.4, 0.5) is 5.82 Å². The van der Waals surface area contributed by atoms with Gasteiger partial charge in [0, 0.05) is 25.6 Å². The highest BCUT2D eigenvalue weighted by atomic mass is 16.2. The highest BCUT2D eigenvalue weighted by molar-refractivity contribution is 6.22. The van der Waals surface area contributed by atoms with Crippen molar-refractivity contribution in [3.8, 4) is 0 Å². The number of hydrogen-bond acceptors (Lipinski definition) is 4. The molecule has 108 valence electrons. The molecule has 0 aliphatic carbocycles. The topological polar surface area (TPSA) is 81.2 Å². The van der Waals surface area contributed by atoms with Crippen molar-refractivity contribution in [1.29, 1.82) is 0 Å². The fourth-order valence-electron chi connectivity index (χ4n) is 2.71. The maximum Gasteiger partial charge on any atom is 0.243 e. The predicted molar refractivity (Wildman–Crippen MR) is 77.4 cm³/mol. The Morgan fingerprint density at radius 2 is 2.00 bits per heavy atom. The highest BCUT2D eigenvalue weighted by Gasteiger charge is 2.42. The SMILES string of the molecule is Cn1ncc(CN)c1N1C(=O)CC(c2ccccc2)C1=O. The van der Waals surface area contributed by atoms with Gasteiger partial charge in [0.2, 0.25) is 11.8 Å². The summed E-state index contributed by atoms with van der Waals surface area (Å²) in [4.78, 5) is 26.2. The van der Waals surface area contributed by atoms with Crippen LogP contribution in [0.25, 0.3) is 0 Å². The lowest BCUT2D eigenvalue weighted by Gasteiger charge is -2.16. The third-order valence-electron chi connectivity index (χ3n) is 3.76. The quantitative estimate of drug-likeness (QED) is 0.850. The zero-order valence-corrected chi connectivity index (χ0v) is 11.7. The third kappa shape index (κ3) is 2.13. The zero-order chi connectivity index (χ0) is 15.0. The summed E-state index contributed by atoms with van der Waals surface area (Å²) in [5, 5.41) is 4.09. The molecule has 0 saturated carbocycles. The molecule has 0 spiro atoms. The Morgan fingerprint density at radius 3 is 2.67 bits per heavy atom. The molecule has 1 unspecified atom stereocenters. The summed E-state index contributed by atoms with van der Waals surface area (Å²) >= 11 is 0. The van der Waals surface area contributed by atoms with E-state index in [1.807, 2.05) is 30.3 Å². The average molecular weight is 284 g/mol. The molecule has 1 atom stereocenters. The number of nitrogens with two attached hydrogens (primary N) is 1. The van der Waals surface area contributed by atoms with Crippen LogP contribution in [0.3, 0.4) is 0 Å². The summed E-state index contributed by atoms with van der Waals surface area (Å²) in [6.45, 7) is 0.232. The van der Waals surface area contributed by atoms with Crippen LogP contribution in [0.5, 0.6) is 0 Å². The second kappa shape index (κ2) is 5.14. The summed E-state index contributed by atoms with van der Waals surface area (Å²) < 4.78 is 1.52. The van der Waals surface area contributed by atoms with Gasteiger partial charge in [-0.15, -0.1) is 0 Å². The van der Waals surface area contributed by atoms with Crippen molar-refractivity contribution >= 4 is 17.6 Å². The predicted octanol–water partition coefficient (Wildman–Crippen LogP) is 0.926. The molecule has 21 heavy (non-hydrogen) atoms. The molecule has 1 aliphatic rings. The minimum Gasteiger partial charge on any atom is -0.326 e. The van der Waals surface area contributed by atoms with E-state index in [1.54, 1.807) is 13.2 Å². The maximum atomic E-state index is 12.7. The van der Waals surface area contributed by atoms with Gasteiger partial charge in [-0.2, -0.15) is 5.10 Å². The van der Waals surface area contributed by atoms with Crippen LogP contribution in [0.15, 0.2) is 36.5 Å². The van der Waals surface area contributed by atoms with Gasteiger partial charge in [0.1, 0.15) is 5.82 Å². The van der Waals surface area contributed by atoms with E-state index in [0.717, 1.165) is 5.56 Å². The van der Waals surface area contributed by atoms with Gasteiger partial charge in [0.25, 0.3) is 0 Å². The van der Waals surface area contributed by atoms with Gasteiger partial charge in [0.15, 0.2) is 0 Å². The number of carbonyl (C=O) groups is 2. The number of anilines is 1. The molecule has 2 aromatic rings. The summed E-state index contributed by atoms with van der Waals surface area (Å²) in [6.07, 6.45) is 1.77. The number of benzene rings is 1. The minimum absolute atomic E-state index is 0.179. The summed E-state index contributed by atoms with van der Waals surface area (Å²) in [7, 11) is 1.70. The molecule has 1 fully saturated rings. The van der Waals surface area contributed by atoms with Gasteiger partial charge in [-0.1, -0.05) is 30.3 Å². The Bertz CT molecular complexity index is 693. The van der Waals surface area contributed by atoms with Crippen molar-refractivity contribution in [2.24, 2.45) is 12.8 Å². The van der Waals surface area contributed by atoms with Crippen LogP contribution < -0.4 is 10.6 Å². The Labute approximate surface area is 122 Å². The number of rotatable bonds is 3. The van der Waals surface area contributed by atoms with Gasteiger partial charge in [-0.25, -0.2) is 4.90 Å². The fraction of sp³-hybridized carbons (Fsp3) is 0.267. The standard InChI is InChI=1S/C15H16N4O2/c1-18-14(11(8-16)9-17-18)19-13(20)7-12(15(19)21)10-5-3-2-4-6-10/h2-6,9,12H,7-8,16H2,1H3. The van der Waals surface area contributed by atoms with Crippen molar-refractivity contribution < 1.29 is 9.59 Å². The molecule has 6 heteroatoms. The van der Waals surface area contributed by atoms with Crippen LogP contribution in [-0.4, -0.2) is 21.6 Å². The smallest absolute Gasteiger partial charge is 0.243 e. The van der Waals surface area contributed by atoms with Gasteiger partial charge in [0.05, 0.1) is 12.1 Å². The molecular formula is C15H16N4O2. The summed E-state index contributed by atoms with van der Waals surface area (Å²) in [6, 6.07) is 9.35. The molecule has 0 bridgehead atoms. The molecule has 1 aromatic heterocycles.